The van der Waals surface area contributed by atoms with Gasteiger partial charge in [-0.3, -0.25) is 38.1 Å². The molecule has 0 saturated carbocycles. The first-order valence-corrected chi connectivity index (χ1v) is 17.4. The summed E-state index contributed by atoms with van der Waals surface area (Å²) in [5, 5.41) is 19.5. The molecule has 2 aromatic rings. The summed E-state index contributed by atoms with van der Waals surface area (Å²) in [4.78, 5) is 55.7. The van der Waals surface area contributed by atoms with E-state index in [1.807, 2.05) is 29.4 Å². The number of unbranched alkanes of at least 4 members (excludes halogenated alkanes) is 1. The first-order chi connectivity index (χ1) is 20.2. The van der Waals surface area contributed by atoms with E-state index in [0.717, 1.165) is 46.2 Å². The summed E-state index contributed by atoms with van der Waals surface area (Å²) in [7, 11) is -2.73. The number of thiocarbonyl (C=S) groups is 1. The number of aromatic nitrogens is 1. The Morgan fingerprint density at radius 1 is 1.07 bits per heavy atom. The fourth-order valence-corrected chi connectivity index (χ4v) is 7.79. The number of amides is 1. The van der Waals surface area contributed by atoms with Gasteiger partial charge in [-0.1, -0.05) is 11.8 Å². The molecule has 1 fully saturated rings. The third-order valence-electron chi connectivity index (χ3n) is 6.34. The van der Waals surface area contributed by atoms with Crippen LogP contribution in [-0.4, -0.2) is 92.7 Å². The topological polar surface area (TPSA) is 178 Å². The minimum atomic E-state index is -4.09. The van der Waals surface area contributed by atoms with E-state index in [1.54, 1.807) is 17.8 Å². The number of carboxylic acids is 2. The van der Waals surface area contributed by atoms with Crippen molar-refractivity contribution in [2.75, 3.05) is 37.0 Å². The fraction of sp³-hybridized carbons (Fsp3) is 0.320. The Balaban J connectivity index is 1.83. The van der Waals surface area contributed by atoms with Gasteiger partial charge in [0.15, 0.2) is 5.11 Å². The van der Waals surface area contributed by atoms with Gasteiger partial charge in [-0.15, -0.1) is 23.1 Å². The van der Waals surface area contributed by atoms with Crippen molar-refractivity contribution in [2.45, 2.75) is 29.2 Å². The largest absolute Gasteiger partial charge is 0.480 e. The van der Waals surface area contributed by atoms with Gasteiger partial charge in [0, 0.05) is 23.4 Å². The molecule has 0 spiro atoms. The first kappa shape index (κ1) is 32.7. The third kappa shape index (κ3) is 7.32. The maximum atomic E-state index is 13.4. The highest BCUT2D eigenvalue weighted by Gasteiger charge is 2.38. The number of rotatable bonds is 11. The third-order valence-corrected chi connectivity index (χ3v) is 10.6. The zero-order valence-electron chi connectivity index (χ0n) is 22.8. The van der Waals surface area contributed by atoms with E-state index in [-0.39, 0.29) is 32.2 Å². The Morgan fingerprint density at radius 3 is 2.40 bits per heavy atom. The molecule has 0 bridgehead atoms. The second kappa shape index (κ2) is 13.2. The first-order valence-electron chi connectivity index (χ1n) is 12.5. The number of hydrogen-bond acceptors (Lipinski definition) is 11. The van der Waals surface area contributed by atoms with Crippen LogP contribution in [0.3, 0.4) is 0 Å². The van der Waals surface area contributed by atoms with Crippen molar-refractivity contribution in [1.29, 1.82) is 0 Å². The highest BCUT2D eigenvalue weighted by Crippen LogP contribution is 2.47. The van der Waals surface area contributed by atoms with E-state index in [0.29, 0.717) is 13.0 Å². The van der Waals surface area contributed by atoms with Gasteiger partial charge in [0.2, 0.25) is 0 Å². The van der Waals surface area contributed by atoms with Crippen LogP contribution < -0.4 is 19.7 Å². The molecule has 2 aliphatic rings. The number of allylic oxidation sites excluding steroid dienone is 1. The highest BCUT2D eigenvalue weighted by atomic mass is 32.2. The number of carbonyl (C=O) groups excluding carboxylic acids is 1. The normalized spacial score (nSPS) is 17.9. The number of thioether (sulfide) groups is 2. The van der Waals surface area contributed by atoms with Crippen LogP contribution in [0.1, 0.15) is 12.8 Å². The molecule has 0 aliphatic carbocycles. The summed E-state index contributed by atoms with van der Waals surface area (Å²) in [5.41, 5.74) is 0.0184. The molecule has 2 aliphatic heterocycles. The number of likely N-dealkylation sites (N-methyl/N-ethyl adjacent to an activating group) is 1. The van der Waals surface area contributed by atoms with Gasteiger partial charge >= 0.3 is 11.9 Å². The van der Waals surface area contributed by atoms with Crippen molar-refractivity contribution in [3.63, 3.8) is 0 Å². The van der Waals surface area contributed by atoms with E-state index < -0.39 is 46.6 Å². The second-order valence-corrected chi connectivity index (χ2v) is 14.2. The van der Waals surface area contributed by atoms with E-state index in [1.165, 1.54) is 24.9 Å². The van der Waals surface area contributed by atoms with Gasteiger partial charge in [-0.25, -0.2) is 0 Å². The van der Waals surface area contributed by atoms with E-state index >= 15 is 0 Å². The zero-order valence-corrected chi connectivity index (χ0v) is 26.8. The van der Waals surface area contributed by atoms with Crippen molar-refractivity contribution < 1.29 is 37.6 Å². The Hall–Kier alpha value is -3.16. The number of thiazole rings is 1. The summed E-state index contributed by atoms with van der Waals surface area (Å²) in [5.74, 6) is -3.64. The summed E-state index contributed by atoms with van der Waals surface area (Å²) in [6, 6.07) is 5.92. The molecule has 3 heterocycles. The SMILES string of the molecule is CSc1ccc2c(c1)N(CCCCS(=O)(=O)O)C(=CC=c1sc(=C3C(=O)N(C)C(=S)N3CC(=O)O)n(CC(=O)O)c1=O)S2. The van der Waals surface area contributed by atoms with Crippen LogP contribution >= 0.6 is 47.1 Å². The van der Waals surface area contributed by atoms with Crippen LogP contribution in [0.4, 0.5) is 5.69 Å². The lowest BCUT2D eigenvalue weighted by atomic mass is 10.2. The van der Waals surface area contributed by atoms with E-state index in [4.69, 9.17) is 16.8 Å². The zero-order chi connectivity index (χ0) is 31.6. The lowest BCUT2D eigenvalue weighted by molar-refractivity contribution is -0.138. The van der Waals surface area contributed by atoms with Gasteiger partial charge in [0.05, 0.1) is 21.0 Å². The Labute approximate surface area is 263 Å². The molecule has 230 valence electrons. The molecule has 1 amide bonds. The van der Waals surface area contributed by atoms with Crippen LogP contribution in [0, 0.1) is 0 Å². The molecule has 4 rings (SSSR count). The molecule has 0 radical (unpaired) electrons. The Kier molecular flexibility index (Phi) is 10.1. The summed E-state index contributed by atoms with van der Waals surface area (Å²) >= 11 is 9.07. The maximum Gasteiger partial charge on any atom is 0.323 e. The minimum Gasteiger partial charge on any atom is -0.480 e. The average Bonchev–Trinajstić information content (AvgIpc) is 3.49. The number of carboxylic acid groups (broad SMARTS) is 2. The molecule has 1 saturated heterocycles. The molecular weight excluding hydrogens is 661 g/mol. The van der Waals surface area contributed by atoms with E-state index in [9.17, 15) is 37.8 Å². The second-order valence-electron chi connectivity index (χ2n) is 9.28. The molecule has 1 aromatic carbocycles. The van der Waals surface area contributed by atoms with E-state index in [2.05, 4.69) is 0 Å². The monoisotopic (exact) mass is 686 g/mol. The van der Waals surface area contributed by atoms with Gasteiger partial charge < -0.3 is 15.1 Å². The molecule has 0 atom stereocenters. The van der Waals surface area contributed by atoms with Crippen LogP contribution in [0.5, 0.6) is 0 Å². The lowest BCUT2D eigenvalue weighted by Crippen LogP contribution is -2.38. The smallest absolute Gasteiger partial charge is 0.323 e. The van der Waals surface area contributed by atoms with Crippen LogP contribution in [-0.2, 0) is 31.0 Å². The van der Waals surface area contributed by atoms with Gasteiger partial charge in [0.25, 0.3) is 21.6 Å². The average molecular weight is 687 g/mol. The van der Waals surface area contributed by atoms with Crippen molar-refractivity contribution in [3.05, 3.63) is 48.9 Å². The number of benzene rings is 1. The highest BCUT2D eigenvalue weighted by molar-refractivity contribution is 8.03. The van der Waals surface area contributed by atoms with Crippen molar-refractivity contribution >= 4 is 97.6 Å². The summed E-state index contributed by atoms with van der Waals surface area (Å²) in [6.45, 7) is -1.00. The van der Waals surface area contributed by atoms with Crippen LogP contribution in [0.15, 0.2) is 43.9 Å². The van der Waals surface area contributed by atoms with Gasteiger partial charge in [0.1, 0.15) is 23.4 Å². The molecule has 3 N–H and O–H groups in total. The molecule has 13 nitrogen and oxygen atoms in total. The molecule has 0 unspecified atom stereocenters. The van der Waals surface area contributed by atoms with Crippen molar-refractivity contribution in [1.82, 2.24) is 14.4 Å². The number of fused-ring (bicyclic) bond motifs is 1. The standard InChI is InChI=1S/C25H26N4O9S5/c1-26-23(35)21(28(25(26)39)12-19(30)31)24-29(13-20(32)33)22(34)17(42-24)7-8-18-27(9-3-4-10-43(36,37)38)15-11-14(40-2)5-6-16(15)41-18/h5-8,11H,3-4,9-10,12-13H2,1-2H3,(H,30,31)(H,32,33)(H,36,37,38). The summed E-state index contributed by atoms with van der Waals surface area (Å²) < 4.78 is 32.4. The van der Waals surface area contributed by atoms with Crippen molar-refractivity contribution in [3.8, 4) is 0 Å². The molecule has 43 heavy (non-hydrogen) atoms. The Morgan fingerprint density at radius 2 is 1.77 bits per heavy atom. The van der Waals surface area contributed by atoms with Crippen LogP contribution in [0.25, 0.3) is 11.8 Å². The van der Waals surface area contributed by atoms with Crippen molar-refractivity contribution in [2.24, 2.45) is 0 Å². The minimum absolute atomic E-state index is 0.0379. The number of hydrogen-bond donors (Lipinski definition) is 3. The van der Waals surface area contributed by atoms with Gasteiger partial charge in [-0.05, 0) is 61.7 Å². The quantitative estimate of drug-likeness (QED) is 0.131. The molecule has 1 aromatic heterocycles. The molecular formula is C25H26N4O9S5. The predicted molar refractivity (Wildman–Crippen MR) is 168 cm³/mol. The predicted octanol–water partition coefficient (Wildman–Crippen LogP) is 0.870. The number of nitrogens with zero attached hydrogens (tertiary/aromatic N) is 4. The Bertz CT molecular complexity index is 1830. The number of aliphatic carboxylic acids is 2. The maximum absolute atomic E-state index is 13.4. The van der Waals surface area contributed by atoms with Crippen LogP contribution in [0.2, 0.25) is 0 Å². The number of carbonyl (C=O) groups is 3. The summed E-state index contributed by atoms with van der Waals surface area (Å²) in [6.07, 6.45) is 5.81. The fourth-order valence-electron chi connectivity index (χ4n) is 4.38. The lowest BCUT2D eigenvalue weighted by Gasteiger charge is -2.20. The number of anilines is 1. The van der Waals surface area contributed by atoms with Gasteiger partial charge in [-0.2, -0.15) is 8.42 Å². The molecule has 18 heteroatoms.